The zero-order chi connectivity index (χ0) is 11.6. The van der Waals surface area contributed by atoms with E-state index < -0.39 is 11.2 Å². The highest BCUT2D eigenvalue weighted by Crippen LogP contribution is 2.36. The van der Waals surface area contributed by atoms with E-state index in [1.165, 1.54) is 10.8 Å². The Kier molecular flexibility index (Phi) is 1.74. The molecule has 2 nitrogen and oxygen atoms in total. The molecule has 2 unspecified atom stereocenters. The maximum Gasteiger partial charge on any atom is 0.116 e. The standard InChI is InChI=1S/C14H16O2/c1-13(15)8-10-5-3-4-9-6-7-11(12(9)10)14(13,2)16/h3-5,8,15-16H,6-7H2,1-2H3. The molecule has 0 saturated heterocycles. The van der Waals surface area contributed by atoms with Crippen LogP contribution in [0.3, 0.4) is 0 Å². The summed E-state index contributed by atoms with van der Waals surface area (Å²) in [7, 11) is 0. The van der Waals surface area contributed by atoms with Crippen LogP contribution >= 0.6 is 0 Å². The second kappa shape index (κ2) is 2.76. The molecule has 1 aromatic carbocycles. The Bertz CT molecular complexity index is 579. The van der Waals surface area contributed by atoms with Crippen molar-refractivity contribution < 1.29 is 10.2 Å². The molecule has 0 radical (unpaired) electrons. The van der Waals surface area contributed by atoms with Gasteiger partial charge in [0.05, 0.1) is 0 Å². The van der Waals surface area contributed by atoms with Crippen LogP contribution in [0.2, 0.25) is 0 Å². The Morgan fingerprint density at radius 3 is 2.62 bits per heavy atom. The maximum absolute atomic E-state index is 10.5. The molecule has 0 fully saturated rings. The summed E-state index contributed by atoms with van der Waals surface area (Å²) in [5.74, 6) is 0. The van der Waals surface area contributed by atoms with E-state index in [1.807, 2.05) is 12.1 Å². The Balaban J connectivity index is 2.49. The third-order valence-corrected chi connectivity index (χ3v) is 4.14. The van der Waals surface area contributed by atoms with E-state index in [0.717, 1.165) is 23.6 Å². The predicted molar refractivity (Wildman–Crippen MR) is 63.1 cm³/mol. The minimum absolute atomic E-state index is 0.851. The summed E-state index contributed by atoms with van der Waals surface area (Å²) >= 11 is 0. The van der Waals surface area contributed by atoms with Crippen molar-refractivity contribution in [3.63, 3.8) is 0 Å². The summed E-state index contributed by atoms with van der Waals surface area (Å²) in [5.41, 5.74) is -0.0459. The second-order valence-corrected chi connectivity index (χ2v) is 5.22. The topological polar surface area (TPSA) is 40.5 Å². The van der Waals surface area contributed by atoms with Gasteiger partial charge in [0, 0.05) is 0 Å². The lowest BCUT2D eigenvalue weighted by Crippen LogP contribution is -2.56. The van der Waals surface area contributed by atoms with Crippen LogP contribution in [0.15, 0.2) is 18.2 Å². The Labute approximate surface area is 94.5 Å². The molecule has 0 spiro atoms. The lowest BCUT2D eigenvalue weighted by Gasteiger charge is -2.39. The van der Waals surface area contributed by atoms with Gasteiger partial charge in [0.25, 0.3) is 0 Å². The van der Waals surface area contributed by atoms with E-state index in [4.69, 9.17) is 0 Å². The molecule has 2 aliphatic carbocycles. The zero-order valence-corrected chi connectivity index (χ0v) is 9.62. The largest absolute Gasteiger partial charge is 0.383 e. The van der Waals surface area contributed by atoms with Crippen LogP contribution in [0.1, 0.15) is 25.8 Å². The van der Waals surface area contributed by atoms with Gasteiger partial charge in [0.2, 0.25) is 0 Å². The van der Waals surface area contributed by atoms with Crippen LogP contribution in [0.5, 0.6) is 0 Å². The van der Waals surface area contributed by atoms with Crippen molar-refractivity contribution in [1.82, 2.24) is 0 Å². The minimum Gasteiger partial charge on any atom is -0.383 e. The molecule has 84 valence electrons. The molecule has 2 heteroatoms. The van der Waals surface area contributed by atoms with Crippen LogP contribution in [0.25, 0.3) is 11.6 Å². The quantitative estimate of drug-likeness (QED) is 0.645. The lowest BCUT2D eigenvalue weighted by molar-refractivity contribution is -0.0540. The van der Waals surface area contributed by atoms with Crippen molar-refractivity contribution in [1.29, 1.82) is 0 Å². The third kappa shape index (κ3) is 1.04. The Morgan fingerprint density at radius 2 is 1.88 bits per heavy atom. The van der Waals surface area contributed by atoms with E-state index in [0.29, 0.717) is 0 Å². The van der Waals surface area contributed by atoms with Crippen LogP contribution in [0, 0.1) is 0 Å². The molecule has 16 heavy (non-hydrogen) atoms. The number of aliphatic hydroxyl groups is 2. The molecule has 2 N–H and O–H groups in total. The third-order valence-electron chi connectivity index (χ3n) is 4.14. The van der Waals surface area contributed by atoms with Crippen LogP contribution < -0.4 is 10.4 Å². The highest BCUT2D eigenvalue weighted by atomic mass is 16.4. The molecule has 0 aromatic heterocycles. The fraction of sp³-hybridized carbons (Fsp3) is 0.429. The lowest BCUT2D eigenvalue weighted by atomic mass is 9.75. The molecule has 0 aliphatic heterocycles. The molecular formula is C14H16O2. The molecule has 0 bridgehead atoms. The average molecular weight is 216 g/mol. The van der Waals surface area contributed by atoms with E-state index >= 15 is 0 Å². The van der Waals surface area contributed by atoms with E-state index in [2.05, 4.69) is 6.07 Å². The van der Waals surface area contributed by atoms with E-state index in [9.17, 15) is 10.2 Å². The maximum atomic E-state index is 10.5. The summed E-state index contributed by atoms with van der Waals surface area (Å²) in [5, 5.41) is 23.1. The van der Waals surface area contributed by atoms with Crippen molar-refractivity contribution in [2.75, 3.05) is 0 Å². The Morgan fingerprint density at radius 1 is 1.12 bits per heavy atom. The molecule has 0 heterocycles. The van der Waals surface area contributed by atoms with Gasteiger partial charge in [-0.2, -0.15) is 0 Å². The van der Waals surface area contributed by atoms with E-state index in [1.54, 1.807) is 19.9 Å². The molecule has 0 amide bonds. The molecule has 0 saturated carbocycles. The molecule has 1 aromatic rings. The monoisotopic (exact) mass is 216 g/mol. The van der Waals surface area contributed by atoms with Crippen LogP contribution in [0.4, 0.5) is 0 Å². The van der Waals surface area contributed by atoms with E-state index in [-0.39, 0.29) is 0 Å². The van der Waals surface area contributed by atoms with Gasteiger partial charge in [0.15, 0.2) is 0 Å². The van der Waals surface area contributed by atoms with Crippen molar-refractivity contribution in [3.8, 4) is 0 Å². The predicted octanol–water partition coefficient (Wildman–Crippen LogP) is 0.0796. The van der Waals surface area contributed by atoms with Crippen molar-refractivity contribution >= 4 is 11.6 Å². The smallest absolute Gasteiger partial charge is 0.116 e. The van der Waals surface area contributed by atoms with Gasteiger partial charge in [-0.1, -0.05) is 18.2 Å². The second-order valence-electron chi connectivity index (χ2n) is 5.22. The van der Waals surface area contributed by atoms with Gasteiger partial charge in [-0.15, -0.1) is 0 Å². The highest BCUT2D eigenvalue weighted by molar-refractivity contribution is 5.68. The zero-order valence-electron chi connectivity index (χ0n) is 9.62. The Hall–Kier alpha value is -1.12. The first-order valence-corrected chi connectivity index (χ1v) is 5.73. The fourth-order valence-corrected chi connectivity index (χ4v) is 2.94. The number of rotatable bonds is 0. The summed E-state index contributed by atoms with van der Waals surface area (Å²) in [6, 6.07) is 6.13. The number of hydrogen-bond donors (Lipinski definition) is 2. The van der Waals surface area contributed by atoms with Gasteiger partial charge in [-0.05, 0) is 54.3 Å². The van der Waals surface area contributed by atoms with Crippen LogP contribution in [-0.2, 0) is 6.42 Å². The normalized spacial score (nSPS) is 35.9. The van der Waals surface area contributed by atoms with Gasteiger partial charge in [-0.25, -0.2) is 0 Å². The molecule has 3 rings (SSSR count). The van der Waals surface area contributed by atoms with Crippen molar-refractivity contribution in [3.05, 3.63) is 34.2 Å². The first-order chi connectivity index (χ1) is 7.43. The SMILES string of the molecule is CC1(O)C=c2cccc3c2=C(CC3)C1(C)O. The molecule has 2 aliphatic rings. The fourth-order valence-electron chi connectivity index (χ4n) is 2.94. The average Bonchev–Trinajstić information content (AvgIpc) is 2.60. The van der Waals surface area contributed by atoms with Crippen molar-refractivity contribution in [2.24, 2.45) is 0 Å². The number of aryl methyl sites for hydroxylation is 1. The van der Waals surface area contributed by atoms with Gasteiger partial charge < -0.3 is 10.2 Å². The van der Waals surface area contributed by atoms with Crippen molar-refractivity contribution in [2.45, 2.75) is 37.9 Å². The van der Waals surface area contributed by atoms with Gasteiger partial charge in [-0.3, -0.25) is 0 Å². The first-order valence-electron chi connectivity index (χ1n) is 5.73. The number of benzene rings is 1. The molecular weight excluding hydrogens is 200 g/mol. The summed E-state index contributed by atoms with van der Waals surface area (Å²) < 4.78 is 0. The summed E-state index contributed by atoms with van der Waals surface area (Å²) in [4.78, 5) is 0. The highest BCUT2D eigenvalue weighted by Gasteiger charge is 2.46. The first kappa shape index (κ1) is 10.1. The van der Waals surface area contributed by atoms with Crippen LogP contribution in [-0.4, -0.2) is 21.4 Å². The number of hydrogen-bond acceptors (Lipinski definition) is 2. The molecule has 2 atom stereocenters. The van der Waals surface area contributed by atoms with Gasteiger partial charge in [0.1, 0.15) is 11.2 Å². The summed E-state index contributed by atoms with van der Waals surface area (Å²) in [6.45, 7) is 3.39. The minimum atomic E-state index is -1.18. The van der Waals surface area contributed by atoms with Gasteiger partial charge >= 0.3 is 0 Å². The summed E-state index contributed by atoms with van der Waals surface area (Å²) in [6.07, 6.45) is 3.60.